The van der Waals surface area contributed by atoms with E-state index in [0.717, 1.165) is 16.8 Å². The van der Waals surface area contributed by atoms with E-state index < -0.39 is 6.10 Å². The smallest absolute Gasteiger partial charge is 0.267 e. The van der Waals surface area contributed by atoms with Crippen LogP contribution in [-0.2, 0) is 9.63 Å². The molecular formula is C23H28N2O2. The molecule has 0 bridgehead atoms. The predicted molar refractivity (Wildman–Crippen MR) is 109 cm³/mol. The largest absolute Gasteiger partial charge is 0.381 e. The van der Waals surface area contributed by atoms with Gasteiger partial charge in [0.05, 0.1) is 11.6 Å². The molecule has 0 unspecified atom stereocenters. The van der Waals surface area contributed by atoms with Gasteiger partial charge in [-0.3, -0.25) is 4.79 Å². The van der Waals surface area contributed by atoms with E-state index in [1.54, 1.807) is 0 Å². The molecule has 0 saturated carbocycles. The van der Waals surface area contributed by atoms with Crippen LogP contribution in [0.4, 0.5) is 0 Å². The second kappa shape index (κ2) is 7.95. The van der Waals surface area contributed by atoms with Crippen LogP contribution >= 0.6 is 0 Å². The molecule has 2 atom stereocenters. The number of nitrogens with zero attached hydrogens (tertiary/aromatic N) is 2. The lowest BCUT2D eigenvalue weighted by Gasteiger charge is -2.27. The van der Waals surface area contributed by atoms with Crippen LogP contribution in [0.5, 0.6) is 0 Å². The van der Waals surface area contributed by atoms with E-state index in [-0.39, 0.29) is 11.8 Å². The van der Waals surface area contributed by atoms with E-state index in [2.05, 4.69) is 38.1 Å². The summed E-state index contributed by atoms with van der Waals surface area (Å²) >= 11 is 0. The predicted octanol–water partition coefficient (Wildman–Crippen LogP) is 4.37. The summed E-state index contributed by atoms with van der Waals surface area (Å²) in [5.74, 6) is -0.208. The van der Waals surface area contributed by atoms with Gasteiger partial charge in [0.25, 0.3) is 5.91 Å². The third-order valence-corrected chi connectivity index (χ3v) is 5.30. The number of likely N-dealkylation sites (N-methyl/N-ethyl adjacent to an activating group) is 1. The van der Waals surface area contributed by atoms with Crippen molar-refractivity contribution in [3.8, 4) is 0 Å². The Labute approximate surface area is 161 Å². The monoisotopic (exact) mass is 364 g/mol. The summed E-state index contributed by atoms with van der Waals surface area (Å²) in [4.78, 5) is 20.8. The highest BCUT2D eigenvalue weighted by atomic mass is 16.6. The van der Waals surface area contributed by atoms with Crippen molar-refractivity contribution < 1.29 is 9.63 Å². The van der Waals surface area contributed by atoms with Gasteiger partial charge in [0.1, 0.15) is 0 Å². The number of carbonyl (C=O) groups is 1. The van der Waals surface area contributed by atoms with Crippen molar-refractivity contribution in [2.24, 2.45) is 5.16 Å². The number of benzene rings is 2. The molecule has 4 heteroatoms. The Morgan fingerprint density at radius 1 is 1.04 bits per heavy atom. The molecule has 1 aliphatic rings. The van der Waals surface area contributed by atoms with E-state index in [4.69, 9.17) is 4.84 Å². The lowest BCUT2D eigenvalue weighted by atomic mass is 9.80. The number of carbonyl (C=O) groups excluding carboxylic acids is 1. The Hall–Kier alpha value is -2.62. The van der Waals surface area contributed by atoms with Crippen LogP contribution in [-0.4, -0.2) is 35.7 Å². The summed E-state index contributed by atoms with van der Waals surface area (Å²) in [5, 5.41) is 4.39. The fourth-order valence-corrected chi connectivity index (χ4v) is 4.09. The van der Waals surface area contributed by atoms with E-state index in [9.17, 15) is 4.79 Å². The van der Waals surface area contributed by atoms with Crippen LogP contribution in [0.15, 0.2) is 47.6 Å². The van der Waals surface area contributed by atoms with Crippen LogP contribution in [0.25, 0.3) is 0 Å². The van der Waals surface area contributed by atoms with E-state index in [0.29, 0.717) is 13.1 Å². The van der Waals surface area contributed by atoms with Crippen molar-refractivity contribution in [2.75, 3.05) is 13.1 Å². The summed E-state index contributed by atoms with van der Waals surface area (Å²) in [5.41, 5.74) is 6.53. The van der Waals surface area contributed by atoms with Crippen LogP contribution in [0.2, 0.25) is 0 Å². The third-order valence-electron chi connectivity index (χ3n) is 5.30. The first-order chi connectivity index (χ1) is 13.0. The molecule has 0 saturated heterocycles. The molecule has 0 fully saturated rings. The summed E-state index contributed by atoms with van der Waals surface area (Å²) < 4.78 is 0. The van der Waals surface area contributed by atoms with Gasteiger partial charge in [0.15, 0.2) is 0 Å². The van der Waals surface area contributed by atoms with Crippen LogP contribution in [0.1, 0.15) is 47.6 Å². The minimum Gasteiger partial charge on any atom is -0.381 e. The normalized spacial score (nSPS) is 18.8. The van der Waals surface area contributed by atoms with Crippen LogP contribution < -0.4 is 0 Å². The fourth-order valence-electron chi connectivity index (χ4n) is 4.09. The summed E-state index contributed by atoms with van der Waals surface area (Å²) in [6.45, 7) is 11.6. The quantitative estimate of drug-likeness (QED) is 0.791. The zero-order valence-electron chi connectivity index (χ0n) is 16.8. The highest BCUT2D eigenvalue weighted by molar-refractivity contribution is 6.09. The van der Waals surface area contributed by atoms with Crippen molar-refractivity contribution in [3.05, 3.63) is 70.3 Å². The van der Waals surface area contributed by atoms with Gasteiger partial charge in [-0.15, -0.1) is 0 Å². The Morgan fingerprint density at radius 2 is 1.63 bits per heavy atom. The van der Waals surface area contributed by atoms with Gasteiger partial charge in [0.2, 0.25) is 6.10 Å². The molecule has 1 aliphatic heterocycles. The number of hydrogen-bond donors (Lipinski definition) is 0. The minimum atomic E-state index is -0.625. The molecule has 27 heavy (non-hydrogen) atoms. The highest BCUT2D eigenvalue weighted by Gasteiger charge is 2.43. The lowest BCUT2D eigenvalue weighted by molar-refractivity contribution is -0.142. The number of oxime groups is 1. The summed E-state index contributed by atoms with van der Waals surface area (Å²) in [6.07, 6.45) is -0.625. The molecule has 1 amide bonds. The molecule has 1 heterocycles. The first-order valence-electron chi connectivity index (χ1n) is 9.63. The molecular weight excluding hydrogens is 336 g/mol. The number of rotatable bonds is 5. The first kappa shape index (κ1) is 19.2. The van der Waals surface area contributed by atoms with Crippen LogP contribution in [0, 0.1) is 20.8 Å². The molecule has 2 aromatic rings. The molecule has 0 radical (unpaired) electrons. The Bertz CT molecular complexity index is 831. The molecule has 4 nitrogen and oxygen atoms in total. The Morgan fingerprint density at radius 3 is 2.19 bits per heavy atom. The van der Waals surface area contributed by atoms with Gasteiger partial charge in [0, 0.05) is 18.7 Å². The van der Waals surface area contributed by atoms with Gasteiger partial charge >= 0.3 is 0 Å². The maximum Gasteiger partial charge on any atom is 0.267 e. The first-order valence-corrected chi connectivity index (χ1v) is 9.63. The van der Waals surface area contributed by atoms with Crippen molar-refractivity contribution in [1.82, 2.24) is 4.90 Å². The van der Waals surface area contributed by atoms with E-state index >= 15 is 0 Å². The highest BCUT2D eigenvalue weighted by Crippen LogP contribution is 2.37. The Balaban J connectivity index is 2.11. The summed E-state index contributed by atoms with van der Waals surface area (Å²) in [7, 11) is 0. The Kier molecular flexibility index (Phi) is 5.64. The maximum atomic E-state index is 13.2. The molecule has 0 aromatic heterocycles. The third kappa shape index (κ3) is 3.61. The second-order valence-corrected chi connectivity index (χ2v) is 7.17. The average Bonchev–Trinajstić information content (AvgIpc) is 3.07. The number of aryl methyl sites for hydroxylation is 3. The SMILES string of the molecule is CCN(CC)C(=O)[C@@H]1ON=C(c2ccccc2)[C@H]1c1c(C)cc(C)cc1C. The fraction of sp³-hybridized carbons (Fsp3) is 0.391. The topological polar surface area (TPSA) is 41.9 Å². The second-order valence-electron chi connectivity index (χ2n) is 7.17. The van der Waals surface area contributed by atoms with Gasteiger partial charge in [-0.1, -0.05) is 53.2 Å². The van der Waals surface area contributed by atoms with Crippen LogP contribution in [0.3, 0.4) is 0 Å². The van der Waals surface area contributed by atoms with Crippen molar-refractivity contribution in [1.29, 1.82) is 0 Å². The zero-order valence-corrected chi connectivity index (χ0v) is 16.8. The standard InChI is InChI=1S/C23H28N2O2/c1-6-25(7-2)23(26)22-20(19-16(4)13-15(3)14-17(19)5)21(24-27-22)18-11-9-8-10-12-18/h8-14,20,22H,6-7H2,1-5H3/t20-,22-/m1/s1. The van der Waals surface area contributed by atoms with E-state index in [1.807, 2.05) is 49.1 Å². The van der Waals surface area contributed by atoms with Crippen molar-refractivity contribution in [2.45, 2.75) is 46.6 Å². The molecule has 0 spiro atoms. The molecule has 3 rings (SSSR count). The zero-order chi connectivity index (χ0) is 19.6. The van der Waals surface area contributed by atoms with Gasteiger partial charge in [-0.2, -0.15) is 0 Å². The molecule has 0 N–H and O–H groups in total. The van der Waals surface area contributed by atoms with Crippen molar-refractivity contribution >= 4 is 11.6 Å². The number of amides is 1. The molecule has 2 aromatic carbocycles. The molecule has 142 valence electrons. The summed E-state index contributed by atoms with van der Waals surface area (Å²) in [6, 6.07) is 14.4. The minimum absolute atomic E-state index is 0.000874. The van der Waals surface area contributed by atoms with Crippen molar-refractivity contribution in [3.63, 3.8) is 0 Å². The molecule has 0 aliphatic carbocycles. The van der Waals surface area contributed by atoms with Gasteiger partial charge < -0.3 is 9.74 Å². The van der Waals surface area contributed by atoms with Gasteiger partial charge in [-0.25, -0.2) is 0 Å². The average molecular weight is 364 g/mol. The van der Waals surface area contributed by atoms with E-state index in [1.165, 1.54) is 16.7 Å². The van der Waals surface area contributed by atoms with Gasteiger partial charge in [-0.05, 0) is 51.3 Å². The maximum absolute atomic E-state index is 13.2. The lowest BCUT2D eigenvalue weighted by Crippen LogP contribution is -2.42. The number of hydrogen-bond acceptors (Lipinski definition) is 3.